The lowest BCUT2D eigenvalue weighted by Crippen LogP contribution is -2.21. The number of rotatable bonds is 6. The average Bonchev–Trinajstić information content (AvgIpc) is 3.05. The van der Waals surface area contributed by atoms with Crippen molar-refractivity contribution in [2.45, 2.75) is 33.1 Å². The lowest BCUT2D eigenvalue weighted by molar-refractivity contribution is -0.128. The van der Waals surface area contributed by atoms with Crippen LogP contribution >= 0.6 is 0 Å². The van der Waals surface area contributed by atoms with Crippen molar-refractivity contribution in [3.63, 3.8) is 0 Å². The van der Waals surface area contributed by atoms with Gasteiger partial charge >= 0.3 is 0 Å². The van der Waals surface area contributed by atoms with Crippen LogP contribution in [0.15, 0.2) is 48.7 Å². The molecule has 1 amide bonds. The number of carbonyl (C=O) groups is 1. The molecule has 3 rings (SSSR count). The second-order valence-corrected chi connectivity index (χ2v) is 6.62. The first-order valence-electron chi connectivity index (χ1n) is 8.79. The van der Waals surface area contributed by atoms with Gasteiger partial charge in [-0.05, 0) is 61.6 Å². The zero-order valence-electron chi connectivity index (χ0n) is 15.4. The fourth-order valence-corrected chi connectivity index (χ4v) is 3.09. The minimum atomic E-state index is -0.498. The second kappa shape index (κ2) is 8.14. The Labute approximate surface area is 157 Å². The van der Waals surface area contributed by atoms with Crippen LogP contribution in [0.25, 0.3) is 5.69 Å². The lowest BCUT2D eigenvalue weighted by atomic mass is 10.0. The molecular weight excluding hydrogens is 345 g/mol. The van der Waals surface area contributed by atoms with Crippen LogP contribution in [-0.2, 0) is 24.1 Å². The van der Waals surface area contributed by atoms with Gasteiger partial charge in [0.05, 0.1) is 17.8 Å². The van der Waals surface area contributed by atoms with E-state index in [4.69, 9.17) is 5.21 Å². The summed E-state index contributed by atoms with van der Waals surface area (Å²) in [6.07, 6.45) is 3.01. The molecule has 0 atom stereocenters. The summed E-state index contributed by atoms with van der Waals surface area (Å²) in [7, 11) is 0. The number of halogens is 1. The van der Waals surface area contributed by atoms with Gasteiger partial charge in [-0.1, -0.05) is 24.3 Å². The molecule has 2 N–H and O–H groups in total. The highest BCUT2D eigenvalue weighted by Gasteiger charge is 2.14. The van der Waals surface area contributed by atoms with Gasteiger partial charge in [0.15, 0.2) is 0 Å². The second-order valence-electron chi connectivity index (χ2n) is 6.62. The van der Waals surface area contributed by atoms with Gasteiger partial charge in [-0.25, -0.2) is 14.6 Å². The highest BCUT2D eigenvalue weighted by Crippen LogP contribution is 2.19. The third kappa shape index (κ3) is 4.41. The van der Waals surface area contributed by atoms with Crippen molar-refractivity contribution in [2.24, 2.45) is 0 Å². The Bertz CT molecular complexity index is 966. The average molecular weight is 367 g/mol. The van der Waals surface area contributed by atoms with Gasteiger partial charge < -0.3 is 0 Å². The Balaban J connectivity index is 1.89. The van der Waals surface area contributed by atoms with Gasteiger partial charge in [-0.3, -0.25) is 10.0 Å². The number of aromatic nitrogens is 2. The molecule has 140 valence electrons. The molecule has 1 heterocycles. The Morgan fingerprint density at radius 1 is 1.15 bits per heavy atom. The first-order chi connectivity index (χ1) is 13.0. The molecule has 0 aliphatic carbocycles. The molecule has 0 saturated heterocycles. The van der Waals surface area contributed by atoms with Crippen LogP contribution in [0.4, 0.5) is 4.39 Å². The summed E-state index contributed by atoms with van der Waals surface area (Å²) >= 11 is 0. The molecule has 1 aromatic heterocycles. The molecular formula is C21H22FN3O2. The summed E-state index contributed by atoms with van der Waals surface area (Å²) in [4.78, 5) is 11.7. The summed E-state index contributed by atoms with van der Waals surface area (Å²) in [5, 5.41) is 13.5. The molecule has 6 heteroatoms. The van der Waals surface area contributed by atoms with Gasteiger partial charge in [0.1, 0.15) is 5.82 Å². The summed E-state index contributed by atoms with van der Waals surface area (Å²) in [5.41, 5.74) is 6.70. The zero-order valence-corrected chi connectivity index (χ0v) is 15.4. The molecule has 0 bridgehead atoms. The number of hydroxylamine groups is 1. The number of aryl methyl sites for hydroxylation is 3. The van der Waals surface area contributed by atoms with Gasteiger partial charge in [-0.15, -0.1) is 0 Å². The number of hydrogen-bond acceptors (Lipinski definition) is 3. The van der Waals surface area contributed by atoms with E-state index in [9.17, 15) is 9.18 Å². The van der Waals surface area contributed by atoms with E-state index in [-0.39, 0.29) is 12.2 Å². The SMILES string of the molecule is Cc1cccc(-n2cc(CC(=O)NO)c(CCc3cccc(F)c3C)n2)c1. The van der Waals surface area contributed by atoms with Gasteiger partial charge in [0.25, 0.3) is 0 Å². The van der Waals surface area contributed by atoms with Gasteiger partial charge in [0, 0.05) is 11.8 Å². The van der Waals surface area contributed by atoms with E-state index in [0.717, 1.165) is 28.1 Å². The summed E-state index contributed by atoms with van der Waals surface area (Å²) in [5.74, 6) is -0.723. The van der Waals surface area contributed by atoms with E-state index in [1.807, 2.05) is 37.3 Å². The smallest absolute Gasteiger partial charge is 0.247 e. The van der Waals surface area contributed by atoms with Crippen molar-refractivity contribution in [1.29, 1.82) is 0 Å². The number of benzene rings is 2. The van der Waals surface area contributed by atoms with Gasteiger partial charge in [-0.2, -0.15) is 5.10 Å². The van der Waals surface area contributed by atoms with Gasteiger partial charge in [0.2, 0.25) is 5.91 Å². The maximum absolute atomic E-state index is 13.8. The minimum absolute atomic E-state index is 0.0276. The molecule has 0 aliphatic rings. The van der Waals surface area contributed by atoms with E-state index in [1.54, 1.807) is 29.3 Å². The van der Waals surface area contributed by atoms with Crippen molar-refractivity contribution in [2.75, 3.05) is 0 Å². The fraction of sp³-hybridized carbons (Fsp3) is 0.238. The predicted octanol–water partition coefficient (Wildman–Crippen LogP) is 3.46. The molecule has 0 aliphatic heterocycles. The van der Waals surface area contributed by atoms with Crippen molar-refractivity contribution in [3.8, 4) is 5.69 Å². The number of nitrogens with zero attached hydrogens (tertiary/aromatic N) is 2. The maximum atomic E-state index is 13.8. The van der Waals surface area contributed by atoms with E-state index in [0.29, 0.717) is 18.4 Å². The number of carbonyl (C=O) groups excluding carboxylic acids is 1. The van der Waals surface area contributed by atoms with E-state index in [1.165, 1.54) is 6.07 Å². The normalized spacial score (nSPS) is 10.8. The summed E-state index contributed by atoms with van der Waals surface area (Å²) < 4.78 is 15.5. The van der Waals surface area contributed by atoms with E-state index in [2.05, 4.69) is 5.10 Å². The van der Waals surface area contributed by atoms with Crippen molar-refractivity contribution in [1.82, 2.24) is 15.3 Å². The first kappa shape index (κ1) is 18.8. The molecule has 0 saturated carbocycles. The first-order valence-corrected chi connectivity index (χ1v) is 8.79. The molecule has 0 radical (unpaired) electrons. The highest BCUT2D eigenvalue weighted by atomic mass is 19.1. The van der Waals surface area contributed by atoms with E-state index >= 15 is 0 Å². The zero-order chi connectivity index (χ0) is 19.4. The third-order valence-electron chi connectivity index (χ3n) is 4.63. The molecule has 5 nitrogen and oxygen atoms in total. The topological polar surface area (TPSA) is 67.2 Å². The Kier molecular flexibility index (Phi) is 5.66. The van der Waals surface area contributed by atoms with Crippen molar-refractivity contribution < 1.29 is 14.4 Å². The van der Waals surface area contributed by atoms with Crippen LogP contribution in [0.1, 0.15) is 27.9 Å². The van der Waals surface area contributed by atoms with Crippen molar-refractivity contribution in [3.05, 3.63) is 82.4 Å². The number of nitrogens with one attached hydrogen (secondary N) is 1. The molecule has 27 heavy (non-hydrogen) atoms. The largest absolute Gasteiger partial charge is 0.289 e. The Morgan fingerprint density at radius 2 is 1.93 bits per heavy atom. The highest BCUT2D eigenvalue weighted by molar-refractivity contribution is 5.77. The van der Waals surface area contributed by atoms with Crippen LogP contribution in [0.2, 0.25) is 0 Å². The van der Waals surface area contributed by atoms with E-state index < -0.39 is 5.91 Å². The van der Waals surface area contributed by atoms with Crippen LogP contribution in [0, 0.1) is 19.7 Å². The molecule has 2 aromatic carbocycles. The minimum Gasteiger partial charge on any atom is -0.289 e. The van der Waals surface area contributed by atoms with Crippen LogP contribution in [-0.4, -0.2) is 20.9 Å². The standard InChI is InChI=1S/C21H22FN3O2/c1-14-5-3-7-18(11-14)25-13-17(12-21(26)24-27)20(23-25)10-9-16-6-4-8-19(22)15(16)2/h3-8,11,13,27H,9-10,12H2,1-2H3,(H,24,26). The van der Waals surface area contributed by atoms with Crippen LogP contribution in [0.5, 0.6) is 0 Å². The molecule has 0 fully saturated rings. The Hall–Kier alpha value is -2.99. The third-order valence-corrected chi connectivity index (χ3v) is 4.63. The van der Waals surface area contributed by atoms with Crippen molar-refractivity contribution >= 4 is 5.91 Å². The quantitative estimate of drug-likeness (QED) is 0.518. The number of hydrogen-bond donors (Lipinski definition) is 2. The van der Waals surface area contributed by atoms with Crippen LogP contribution < -0.4 is 5.48 Å². The van der Waals surface area contributed by atoms with Crippen LogP contribution in [0.3, 0.4) is 0 Å². The maximum Gasteiger partial charge on any atom is 0.247 e. The molecule has 0 spiro atoms. The summed E-state index contributed by atoms with van der Waals surface area (Å²) in [6.45, 7) is 3.76. The number of amides is 1. The lowest BCUT2D eigenvalue weighted by Gasteiger charge is -2.06. The predicted molar refractivity (Wildman–Crippen MR) is 100 cm³/mol. The summed E-state index contributed by atoms with van der Waals surface area (Å²) in [6, 6.07) is 12.9. The molecule has 0 unspecified atom stereocenters. The Morgan fingerprint density at radius 3 is 2.67 bits per heavy atom. The fourth-order valence-electron chi connectivity index (χ4n) is 3.09. The monoisotopic (exact) mass is 367 g/mol. The molecule has 3 aromatic rings.